The highest BCUT2D eigenvalue weighted by molar-refractivity contribution is 6.09. The molecular weight excluding hydrogens is 306 g/mol. The molecule has 3 rings (SSSR count). The monoisotopic (exact) mass is 323 g/mol. The molecule has 1 fully saturated rings. The van der Waals surface area contributed by atoms with E-state index in [1.165, 1.54) is 6.20 Å². The number of pyridine rings is 1. The number of aromatic nitrogens is 1. The third-order valence-corrected chi connectivity index (χ3v) is 4.50. The van der Waals surface area contributed by atoms with Crippen LogP contribution < -0.4 is 5.32 Å². The maximum Gasteiger partial charge on any atom is 0.256 e. The molecule has 0 spiro atoms. The lowest BCUT2D eigenvalue weighted by Crippen LogP contribution is -2.34. The van der Waals surface area contributed by atoms with Gasteiger partial charge in [0.1, 0.15) is 5.75 Å². The Morgan fingerprint density at radius 2 is 2.12 bits per heavy atom. The number of hydrogen-bond donors (Lipinski definition) is 2. The molecule has 1 aliphatic rings. The van der Waals surface area contributed by atoms with Crippen molar-refractivity contribution in [3.05, 3.63) is 36.0 Å². The number of ketones is 1. The lowest BCUT2D eigenvalue weighted by atomic mass is 9.93. The minimum absolute atomic E-state index is 0.108. The number of nitrogens with one attached hydrogen (secondary N) is 1. The van der Waals surface area contributed by atoms with Gasteiger partial charge in [0.05, 0.1) is 35.8 Å². The van der Waals surface area contributed by atoms with Crippen LogP contribution in [-0.2, 0) is 4.79 Å². The quantitative estimate of drug-likeness (QED) is 0.897. The fourth-order valence-electron chi connectivity index (χ4n) is 3.26. The number of hydrogen-bond acceptors (Lipinski definition) is 5. The van der Waals surface area contributed by atoms with Gasteiger partial charge in [-0.3, -0.25) is 14.6 Å². The first kappa shape index (κ1) is 15.9. The van der Waals surface area contributed by atoms with Crippen LogP contribution in [0.25, 0.3) is 10.9 Å². The van der Waals surface area contributed by atoms with Crippen LogP contribution in [0.5, 0.6) is 5.75 Å². The van der Waals surface area contributed by atoms with Crippen LogP contribution in [0, 0.1) is 23.2 Å². The standard InChI is InChI=1S/C18H17N3O3/c19-8-11-4-3-6-12(11)15(22)9-21-18(24)17-13-5-1-2-7-14(13)20-10-16(17)23/h1-2,5,7,10-12,23H,3-4,6,9H2,(H,21,24). The summed E-state index contributed by atoms with van der Waals surface area (Å²) < 4.78 is 0. The van der Waals surface area contributed by atoms with Crippen molar-refractivity contribution in [1.29, 1.82) is 5.26 Å². The molecular formula is C18H17N3O3. The molecule has 2 aromatic rings. The number of carbonyl (C=O) groups is 2. The second-order valence-corrected chi connectivity index (χ2v) is 5.96. The third-order valence-electron chi connectivity index (χ3n) is 4.50. The molecule has 6 nitrogen and oxygen atoms in total. The molecule has 0 bridgehead atoms. The average molecular weight is 323 g/mol. The van der Waals surface area contributed by atoms with E-state index in [2.05, 4.69) is 16.4 Å². The van der Waals surface area contributed by atoms with Gasteiger partial charge in [-0.15, -0.1) is 0 Å². The van der Waals surface area contributed by atoms with Crippen LogP contribution in [0.1, 0.15) is 29.6 Å². The molecule has 1 aliphatic carbocycles. The van der Waals surface area contributed by atoms with Crippen molar-refractivity contribution in [2.45, 2.75) is 19.3 Å². The Kier molecular flexibility index (Phi) is 4.43. The summed E-state index contributed by atoms with van der Waals surface area (Å²) in [6.45, 7) is -0.141. The smallest absolute Gasteiger partial charge is 0.256 e. The number of amides is 1. The van der Waals surface area contributed by atoms with Crippen molar-refractivity contribution in [2.75, 3.05) is 6.54 Å². The molecule has 0 radical (unpaired) electrons. The summed E-state index contributed by atoms with van der Waals surface area (Å²) >= 11 is 0. The molecule has 2 N–H and O–H groups in total. The zero-order chi connectivity index (χ0) is 17.1. The number of nitrogens with zero attached hydrogens (tertiary/aromatic N) is 2. The van der Waals surface area contributed by atoms with Crippen molar-refractivity contribution in [3.8, 4) is 11.8 Å². The van der Waals surface area contributed by atoms with Crippen LogP contribution in [0.15, 0.2) is 30.5 Å². The predicted molar refractivity (Wildman–Crippen MR) is 87.2 cm³/mol. The molecule has 1 saturated carbocycles. The zero-order valence-corrected chi connectivity index (χ0v) is 13.0. The van der Waals surface area contributed by atoms with Gasteiger partial charge in [-0.25, -0.2) is 0 Å². The normalized spacial score (nSPS) is 19.8. The molecule has 0 saturated heterocycles. The van der Waals surface area contributed by atoms with Crippen molar-refractivity contribution in [2.24, 2.45) is 11.8 Å². The lowest BCUT2D eigenvalue weighted by Gasteiger charge is -2.13. The highest BCUT2D eigenvalue weighted by Gasteiger charge is 2.32. The number of fused-ring (bicyclic) bond motifs is 1. The minimum atomic E-state index is -0.522. The third kappa shape index (κ3) is 2.93. The zero-order valence-electron chi connectivity index (χ0n) is 13.0. The van der Waals surface area contributed by atoms with E-state index in [4.69, 9.17) is 5.26 Å². The molecule has 24 heavy (non-hydrogen) atoms. The first-order valence-electron chi connectivity index (χ1n) is 7.89. The second-order valence-electron chi connectivity index (χ2n) is 5.96. The Bertz CT molecular complexity index is 841. The van der Waals surface area contributed by atoms with E-state index in [-0.39, 0.29) is 35.5 Å². The van der Waals surface area contributed by atoms with Gasteiger partial charge in [0.25, 0.3) is 5.91 Å². The Balaban J connectivity index is 1.75. The highest BCUT2D eigenvalue weighted by Crippen LogP contribution is 2.31. The Morgan fingerprint density at radius 1 is 1.33 bits per heavy atom. The van der Waals surface area contributed by atoms with Gasteiger partial charge < -0.3 is 10.4 Å². The maximum absolute atomic E-state index is 12.4. The van der Waals surface area contributed by atoms with E-state index in [9.17, 15) is 14.7 Å². The highest BCUT2D eigenvalue weighted by atomic mass is 16.3. The summed E-state index contributed by atoms with van der Waals surface area (Å²) in [5.41, 5.74) is 0.698. The van der Waals surface area contributed by atoms with E-state index in [1.807, 2.05) is 0 Å². The molecule has 1 heterocycles. The fraction of sp³-hybridized carbons (Fsp3) is 0.333. The van der Waals surface area contributed by atoms with E-state index in [0.29, 0.717) is 17.3 Å². The molecule has 2 unspecified atom stereocenters. The van der Waals surface area contributed by atoms with E-state index in [0.717, 1.165) is 12.8 Å². The number of carbonyl (C=O) groups excluding carboxylic acids is 2. The molecule has 6 heteroatoms. The summed E-state index contributed by atoms with van der Waals surface area (Å²) in [7, 11) is 0. The van der Waals surface area contributed by atoms with Crippen LogP contribution in [0.4, 0.5) is 0 Å². The van der Waals surface area contributed by atoms with E-state index < -0.39 is 5.91 Å². The fourth-order valence-corrected chi connectivity index (χ4v) is 3.26. The van der Waals surface area contributed by atoms with Crippen molar-refractivity contribution in [1.82, 2.24) is 10.3 Å². The van der Waals surface area contributed by atoms with Gasteiger partial charge in [0.15, 0.2) is 5.78 Å². The Morgan fingerprint density at radius 3 is 2.92 bits per heavy atom. The van der Waals surface area contributed by atoms with Gasteiger partial charge in [-0.2, -0.15) is 5.26 Å². The Labute approximate surface area is 139 Å². The largest absolute Gasteiger partial charge is 0.505 e. The summed E-state index contributed by atoms with van der Waals surface area (Å²) in [5.74, 6) is -1.45. The van der Waals surface area contributed by atoms with E-state index in [1.54, 1.807) is 24.3 Å². The number of rotatable bonds is 4. The van der Waals surface area contributed by atoms with Crippen LogP contribution >= 0.6 is 0 Å². The topological polar surface area (TPSA) is 103 Å². The van der Waals surface area contributed by atoms with Gasteiger partial charge in [-0.1, -0.05) is 24.6 Å². The molecule has 2 atom stereocenters. The SMILES string of the molecule is N#CC1CCCC1C(=O)CNC(=O)c1c(O)cnc2ccccc12. The summed E-state index contributed by atoms with van der Waals surface area (Å²) in [6.07, 6.45) is 3.51. The van der Waals surface area contributed by atoms with Crippen LogP contribution in [0.3, 0.4) is 0 Å². The van der Waals surface area contributed by atoms with Gasteiger partial charge >= 0.3 is 0 Å². The second kappa shape index (κ2) is 6.67. The number of nitriles is 1. The van der Waals surface area contributed by atoms with Crippen molar-refractivity contribution < 1.29 is 14.7 Å². The minimum Gasteiger partial charge on any atom is -0.505 e. The van der Waals surface area contributed by atoms with Crippen molar-refractivity contribution in [3.63, 3.8) is 0 Å². The molecule has 0 aliphatic heterocycles. The molecule has 122 valence electrons. The summed E-state index contributed by atoms with van der Waals surface area (Å²) in [5, 5.41) is 22.1. The number of benzene rings is 1. The van der Waals surface area contributed by atoms with Gasteiger partial charge in [0.2, 0.25) is 0 Å². The van der Waals surface area contributed by atoms with Gasteiger partial charge in [0, 0.05) is 11.3 Å². The predicted octanol–water partition coefficient (Wildman–Crippen LogP) is 2.18. The number of aromatic hydroxyl groups is 1. The lowest BCUT2D eigenvalue weighted by molar-refractivity contribution is -0.122. The molecule has 1 amide bonds. The number of para-hydroxylation sites is 1. The first-order chi connectivity index (χ1) is 11.6. The van der Waals surface area contributed by atoms with Crippen molar-refractivity contribution >= 4 is 22.6 Å². The Hall–Kier alpha value is -2.94. The number of Topliss-reactive ketones (excluding diaryl/α,β-unsaturated/α-hetero) is 1. The van der Waals surface area contributed by atoms with Crippen LogP contribution in [0.2, 0.25) is 0 Å². The summed E-state index contributed by atoms with van der Waals surface area (Å²) in [4.78, 5) is 28.8. The first-order valence-corrected chi connectivity index (χ1v) is 7.89. The van der Waals surface area contributed by atoms with E-state index >= 15 is 0 Å². The van der Waals surface area contributed by atoms with Gasteiger partial charge in [-0.05, 0) is 18.9 Å². The maximum atomic E-state index is 12.4. The summed E-state index contributed by atoms with van der Waals surface area (Å²) in [6, 6.07) is 9.15. The molecule has 1 aromatic carbocycles. The average Bonchev–Trinajstić information content (AvgIpc) is 3.08. The molecule has 1 aromatic heterocycles. The van der Waals surface area contributed by atoms with Crippen LogP contribution in [-0.4, -0.2) is 28.3 Å².